The van der Waals surface area contributed by atoms with Gasteiger partial charge in [0.2, 0.25) is 5.95 Å². The van der Waals surface area contributed by atoms with Gasteiger partial charge in [-0.05, 0) is 31.5 Å². The Kier molecular flexibility index (Phi) is 6.29. The van der Waals surface area contributed by atoms with Gasteiger partial charge in [0.25, 0.3) is 0 Å². The van der Waals surface area contributed by atoms with E-state index < -0.39 is 11.6 Å². The van der Waals surface area contributed by atoms with Crippen molar-refractivity contribution in [2.24, 2.45) is 0 Å². The molecular weight excluding hydrogens is 450 g/mol. The van der Waals surface area contributed by atoms with E-state index in [1.54, 1.807) is 31.8 Å². The van der Waals surface area contributed by atoms with Crippen molar-refractivity contribution in [1.82, 2.24) is 29.4 Å². The van der Waals surface area contributed by atoms with E-state index in [2.05, 4.69) is 37.0 Å². The highest BCUT2D eigenvalue weighted by Crippen LogP contribution is 2.35. The van der Waals surface area contributed by atoms with Gasteiger partial charge in [-0.2, -0.15) is 0 Å². The molecule has 0 bridgehead atoms. The average molecular weight is 479 g/mol. The molecule has 3 aromatic heterocycles. The fourth-order valence-corrected chi connectivity index (χ4v) is 4.75. The molecule has 35 heavy (non-hydrogen) atoms. The van der Waals surface area contributed by atoms with Gasteiger partial charge in [-0.3, -0.25) is 0 Å². The van der Waals surface area contributed by atoms with E-state index in [4.69, 9.17) is 4.98 Å². The summed E-state index contributed by atoms with van der Waals surface area (Å²) in [4.78, 5) is 22.3. The number of hydrogen-bond donors (Lipinski definition) is 1. The van der Waals surface area contributed by atoms with Gasteiger partial charge < -0.3 is 19.7 Å². The number of rotatable bonds is 6. The summed E-state index contributed by atoms with van der Waals surface area (Å²) in [5, 5.41) is 2.77. The highest BCUT2D eigenvalue weighted by molar-refractivity contribution is 5.94. The van der Waals surface area contributed by atoms with Crippen LogP contribution in [0.5, 0.6) is 0 Å². The second kappa shape index (κ2) is 9.53. The minimum atomic E-state index is -0.691. The molecule has 4 aromatic rings. The van der Waals surface area contributed by atoms with Crippen LogP contribution in [0.2, 0.25) is 0 Å². The van der Waals surface area contributed by atoms with E-state index in [1.165, 1.54) is 23.0 Å². The van der Waals surface area contributed by atoms with Gasteiger partial charge in [0.05, 0.1) is 17.4 Å². The zero-order valence-corrected chi connectivity index (χ0v) is 20.0. The maximum atomic E-state index is 15.3. The highest BCUT2D eigenvalue weighted by atomic mass is 19.1. The van der Waals surface area contributed by atoms with Crippen molar-refractivity contribution in [3.05, 3.63) is 54.9 Å². The molecule has 1 aliphatic heterocycles. The Morgan fingerprint density at radius 1 is 1.11 bits per heavy atom. The number of nitrogens with one attached hydrogen (secondary N) is 1. The molecule has 1 aromatic carbocycles. The van der Waals surface area contributed by atoms with Crippen molar-refractivity contribution in [2.75, 3.05) is 43.9 Å². The van der Waals surface area contributed by atoms with E-state index in [1.807, 2.05) is 7.05 Å². The van der Waals surface area contributed by atoms with Crippen LogP contribution < -0.4 is 10.2 Å². The SMILES string of the molecule is CCN1CCC(N(C)c2ncc3c(n2)c(-c2cncnc2)cn3-c2c(F)ccc(NC)c2F)CC1. The molecule has 10 heteroatoms. The smallest absolute Gasteiger partial charge is 0.225 e. The van der Waals surface area contributed by atoms with E-state index in [0.29, 0.717) is 34.2 Å². The minimum Gasteiger partial charge on any atom is -0.386 e. The largest absolute Gasteiger partial charge is 0.386 e. The number of nitrogens with zero attached hydrogens (tertiary/aromatic N) is 7. The van der Waals surface area contributed by atoms with Gasteiger partial charge in [0.1, 0.15) is 23.3 Å². The third-order valence-corrected chi connectivity index (χ3v) is 6.85. The molecule has 0 amide bonds. The number of benzene rings is 1. The molecule has 1 aliphatic rings. The predicted molar refractivity (Wildman–Crippen MR) is 133 cm³/mol. The summed E-state index contributed by atoms with van der Waals surface area (Å²) in [6.45, 7) is 5.31. The standard InChI is InChI=1S/C25H28F2N8/c1-4-34-9-7-17(8-10-34)33(3)25-31-13-21-23(32-25)18(16-11-29-15-30-12-16)14-35(21)24-19(26)5-6-20(28-2)22(24)27/h5-6,11-15,17,28H,4,7-10H2,1-3H3. The summed E-state index contributed by atoms with van der Waals surface area (Å²) < 4.78 is 31.7. The van der Waals surface area contributed by atoms with Crippen LogP contribution in [0.1, 0.15) is 19.8 Å². The second-order valence-electron chi connectivity index (χ2n) is 8.73. The van der Waals surface area contributed by atoms with Crippen LogP contribution in [-0.4, -0.2) is 69.2 Å². The first-order valence-corrected chi connectivity index (χ1v) is 11.8. The van der Waals surface area contributed by atoms with Crippen molar-refractivity contribution in [3.63, 3.8) is 0 Å². The van der Waals surface area contributed by atoms with Gasteiger partial charge in [-0.1, -0.05) is 6.92 Å². The zero-order chi connectivity index (χ0) is 24.5. The lowest BCUT2D eigenvalue weighted by Gasteiger charge is -2.36. The molecule has 4 heterocycles. The molecule has 0 radical (unpaired) electrons. The van der Waals surface area contributed by atoms with Gasteiger partial charge in [-0.15, -0.1) is 0 Å². The lowest BCUT2D eigenvalue weighted by molar-refractivity contribution is 0.220. The Labute approximate surface area is 202 Å². The van der Waals surface area contributed by atoms with Crippen LogP contribution >= 0.6 is 0 Å². The fraction of sp³-hybridized carbons (Fsp3) is 0.360. The molecular formula is C25H28F2N8. The first-order valence-electron chi connectivity index (χ1n) is 11.8. The van der Waals surface area contributed by atoms with Crippen molar-refractivity contribution in [2.45, 2.75) is 25.8 Å². The number of likely N-dealkylation sites (tertiary alicyclic amines) is 1. The maximum absolute atomic E-state index is 15.3. The molecule has 8 nitrogen and oxygen atoms in total. The topological polar surface area (TPSA) is 75.0 Å². The van der Waals surface area contributed by atoms with Crippen LogP contribution in [0.4, 0.5) is 20.4 Å². The summed E-state index contributed by atoms with van der Waals surface area (Å²) in [6.07, 6.45) is 10.1. The van der Waals surface area contributed by atoms with Crippen LogP contribution in [0.3, 0.4) is 0 Å². The number of hydrogen-bond acceptors (Lipinski definition) is 7. The van der Waals surface area contributed by atoms with Gasteiger partial charge in [-0.25, -0.2) is 28.7 Å². The number of halogens is 2. The second-order valence-corrected chi connectivity index (χ2v) is 8.73. The number of piperidine rings is 1. The molecule has 0 aliphatic carbocycles. The number of fused-ring (bicyclic) bond motifs is 1. The highest BCUT2D eigenvalue weighted by Gasteiger charge is 2.25. The molecule has 1 fully saturated rings. The molecule has 0 saturated carbocycles. The third kappa shape index (κ3) is 4.18. The monoisotopic (exact) mass is 478 g/mol. The maximum Gasteiger partial charge on any atom is 0.225 e. The first kappa shape index (κ1) is 23.1. The van der Waals surface area contributed by atoms with Gasteiger partial charge >= 0.3 is 0 Å². The lowest BCUT2D eigenvalue weighted by Crippen LogP contribution is -2.43. The first-order chi connectivity index (χ1) is 17.0. The average Bonchev–Trinajstić information content (AvgIpc) is 3.27. The molecule has 1 N–H and O–H groups in total. The van der Waals surface area contributed by atoms with Crippen LogP contribution in [0, 0.1) is 11.6 Å². The summed E-state index contributed by atoms with van der Waals surface area (Å²) in [7, 11) is 3.60. The summed E-state index contributed by atoms with van der Waals surface area (Å²) in [5.74, 6) is -0.796. The van der Waals surface area contributed by atoms with Crippen molar-refractivity contribution in [3.8, 4) is 16.8 Å². The fourth-order valence-electron chi connectivity index (χ4n) is 4.75. The predicted octanol–water partition coefficient (Wildman–Crippen LogP) is 4.12. The van der Waals surface area contributed by atoms with E-state index >= 15 is 4.39 Å². The van der Waals surface area contributed by atoms with Crippen LogP contribution in [0.25, 0.3) is 27.8 Å². The Morgan fingerprint density at radius 2 is 1.86 bits per heavy atom. The summed E-state index contributed by atoms with van der Waals surface area (Å²) in [5.41, 5.74) is 2.45. The molecule has 182 valence electrons. The minimum absolute atomic E-state index is 0.193. The van der Waals surface area contributed by atoms with Gasteiger partial charge in [0, 0.05) is 62.9 Å². The number of anilines is 2. The normalized spacial score (nSPS) is 15.0. The number of aromatic nitrogens is 5. The Morgan fingerprint density at radius 3 is 2.54 bits per heavy atom. The third-order valence-electron chi connectivity index (χ3n) is 6.85. The van der Waals surface area contributed by atoms with Crippen LogP contribution in [0.15, 0.2) is 43.2 Å². The molecule has 0 spiro atoms. The molecule has 5 rings (SSSR count). The Balaban J connectivity index is 1.64. The molecule has 1 saturated heterocycles. The van der Waals surface area contributed by atoms with E-state index in [9.17, 15) is 4.39 Å². The van der Waals surface area contributed by atoms with Crippen molar-refractivity contribution >= 4 is 22.7 Å². The summed E-state index contributed by atoms with van der Waals surface area (Å²) in [6, 6.07) is 2.94. The van der Waals surface area contributed by atoms with Crippen LogP contribution in [-0.2, 0) is 0 Å². The Bertz CT molecular complexity index is 1330. The van der Waals surface area contributed by atoms with E-state index in [-0.39, 0.29) is 11.4 Å². The van der Waals surface area contributed by atoms with Crippen molar-refractivity contribution in [1.29, 1.82) is 0 Å². The molecule has 0 unspecified atom stereocenters. The molecule has 0 atom stereocenters. The zero-order valence-electron chi connectivity index (χ0n) is 20.0. The quantitative estimate of drug-likeness (QED) is 0.447. The van der Waals surface area contributed by atoms with Gasteiger partial charge in [0.15, 0.2) is 5.82 Å². The van der Waals surface area contributed by atoms with E-state index in [0.717, 1.165) is 32.5 Å². The Hall–Kier alpha value is -3.66. The summed E-state index contributed by atoms with van der Waals surface area (Å²) >= 11 is 0. The van der Waals surface area contributed by atoms with Crippen molar-refractivity contribution < 1.29 is 8.78 Å². The lowest BCUT2D eigenvalue weighted by atomic mass is 10.0.